The Bertz CT molecular complexity index is 274. The molecule has 0 amide bonds. The first kappa shape index (κ1) is 9.94. The maximum atomic E-state index is 5.17. The summed E-state index contributed by atoms with van der Waals surface area (Å²) in [6.07, 6.45) is 1.72. The summed E-state index contributed by atoms with van der Waals surface area (Å²) >= 11 is 0. The molecule has 12 heavy (non-hydrogen) atoms. The van der Waals surface area contributed by atoms with Gasteiger partial charge in [-0.15, -0.1) is 6.54 Å². The van der Waals surface area contributed by atoms with Crippen molar-refractivity contribution in [2.24, 2.45) is 4.99 Å². The van der Waals surface area contributed by atoms with E-state index in [1.54, 1.807) is 12.7 Å². The average Bonchev–Trinajstić information content (AvgIpc) is 2.58. The first-order valence-corrected chi connectivity index (χ1v) is 3.40. The van der Waals surface area contributed by atoms with E-state index in [9.17, 15) is 0 Å². The van der Waals surface area contributed by atoms with E-state index in [1.807, 2.05) is 18.2 Å². The molecular formula is C8H7N2OPr-. The zero-order valence-electron chi connectivity index (χ0n) is 6.47. The molecule has 1 radical (unpaired) electrons. The Morgan fingerprint density at radius 2 is 2.33 bits per heavy atom. The summed E-state index contributed by atoms with van der Waals surface area (Å²) in [6.45, 7) is 2.29. The Kier molecular flexibility index (Phi) is 3.96. The Hall–Kier alpha value is -0.146. The number of rotatable bonds is 1. The summed E-state index contributed by atoms with van der Waals surface area (Å²) in [7, 11) is 0. The molecule has 1 aliphatic rings. The van der Waals surface area contributed by atoms with Crippen LogP contribution in [0.2, 0.25) is 0 Å². The number of hydrogen-bond donors (Lipinski definition) is 0. The van der Waals surface area contributed by atoms with E-state index in [-0.39, 0.29) is 41.3 Å². The second kappa shape index (κ2) is 4.78. The van der Waals surface area contributed by atoms with Crippen LogP contribution in [-0.2, 0) is 4.74 Å². The Morgan fingerprint density at radius 1 is 1.42 bits per heavy atom. The fourth-order valence-corrected chi connectivity index (χ4v) is 0.903. The largest absolute Gasteiger partial charge is 0.572 e. The van der Waals surface area contributed by atoms with Crippen LogP contribution in [0, 0.1) is 47.8 Å². The van der Waals surface area contributed by atoms with Gasteiger partial charge in [0.2, 0.25) is 0 Å². The molecule has 4 heteroatoms. The van der Waals surface area contributed by atoms with Gasteiger partial charge in [0.15, 0.2) is 0 Å². The van der Waals surface area contributed by atoms with Crippen LogP contribution in [0.15, 0.2) is 29.4 Å². The van der Waals surface area contributed by atoms with Crippen molar-refractivity contribution < 1.29 is 46.0 Å². The molecule has 1 aliphatic heterocycles. The summed E-state index contributed by atoms with van der Waals surface area (Å²) < 4.78 is 5.17. The molecule has 0 N–H and O–H groups in total. The van der Waals surface area contributed by atoms with E-state index >= 15 is 0 Å². The molecule has 0 aliphatic carbocycles. The van der Waals surface area contributed by atoms with E-state index in [2.05, 4.69) is 9.98 Å². The second-order valence-corrected chi connectivity index (χ2v) is 2.14. The van der Waals surface area contributed by atoms with Crippen LogP contribution in [0.3, 0.4) is 0 Å². The van der Waals surface area contributed by atoms with E-state index in [0.717, 1.165) is 5.69 Å². The molecule has 3 nitrogen and oxygen atoms in total. The smallest absolute Gasteiger partial charge is 0.0790 e. The molecule has 0 fully saturated rings. The third kappa shape index (κ3) is 2.17. The summed E-state index contributed by atoms with van der Waals surface area (Å²) in [4.78, 5) is 8.10. The Balaban J connectivity index is 0.000000720. The van der Waals surface area contributed by atoms with Crippen LogP contribution in [-0.4, -0.2) is 17.5 Å². The monoisotopic (exact) mass is 288 g/mol. The predicted molar refractivity (Wildman–Crippen MR) is 41.0 cm³/mol. The molecule has 1 aromatic heterocycles. The van der Waals surface area contributed by atoms with Crippen molar-refractivity contribution >= 4 is 5.90 Å². The van der Waals surface area contributed by atoms with Crippen molar-refractivity contribution in [2.45, 2.75) is 0 Å². The topological polar surface area (TPSA) is 34.5 Å². The van der Waals surface area contributed by atoms with Gasteiger partial charge in [-0.2, -0.15) is 0 Å². The first-order chi connectivity index (χ1) is 5.47. The third-order valence-electron chi connectivity index (χ3n) is 1.39. The first-order valence-electron chi connectivity index (χ1n) is 3.40. The maximum Gasteiger partial charge on any atom is 0.0790 e. The normalized spacial score (nSPS) is 13.8. The zero-order valence-corrected chi connectivity index (χ0v) is 10.2. The van der Waals surface area contributed by atoms with E-state index in [0.29, 0.717) is 12.5 Å². The third-order valence-corrected chi connectivity index (χ3v) is 1.39. The molecular weight excluding hydrogens is 281 g/mol. The number of aliphatic imine (C=N–C) groups is 1. The van der Waals surface area contributed by atoms with Crippen molar-refractivity contribution in [3.63, 3.8) is 0 Å². The van der Waals surface area contributed by atoms with Crippen LogP contribution in [0.25, 0.3) is 0 Å². The van der Waals surface area contributed by atoms with Crippen LogP contribution < -0.4 is 0 Å². The minimum Gasteiger partial charge on any atom is -0.572 e. The summed E-state index contributed by atoms with van der Waals surface area (Å²) in [6, 6.07) is 5.65. The molecule has 0 saturated heterocycles. The van der Waals surface area contributed by atoms with Crippen LogP contribution in [0.5, 0.6) is 0 Å². The van der Waals surface area contributed by atoms with Gasteiger partial charge in [-0.1, -0.05) is 6.07 Å². The van der Waals surface area contributed by atoms with Crippen LogP contribution >= 0.6 is 0 Å². The zero-order chi connectivity index (χ0) is 7.52. The number of hydrogen-bond acceptors (Lipinski definition) is 3. The van der Waals surface area contributed by atoms with Crippen LogP contribution in [0.4, 0.5) is 0 Å². The van der Waals surface area contributed by atoms with Gasteiger partial charge in [-0.25, -0.2) is 0 Å². The SMILES string of the molecule is [Pr].c1ccc(C2=N[CH-]CO2)nc1. The minimum atomic E-state index is 0. The quantitative estimate of drug-likeness (QED) is 0.723. The van der Waals surface area contributed by atoms with Gasteiger partial charge in [0.25, 0.3) is 0 Å². The molecule has 2 rings (SSSR count). The van der Waals surface area contributed by atoms with E-state index in [1.165, 1.54) is 0 Å². The van der Waals surface area contributed by atoms with Gasteiger partial charge in [0.1, 0.15) is 0 Å². The van der Waals surface area contributed by atoms with Gasteiger partial charge < -0.3 is 9.73 Å². The number of nitrogens with zero attached hydrogens (tertiary/aromatic N) is 2. The van der Waals surface area contributed by atoms with Gasteiger partial charge >= 0.3 is 0 Å². The summed E-state index contributed by atoms with van der Waals surface area (Å²) in [5.41, 5.74) is 0.793. The molecule has 0 saturated carbocycles. The second-order valence-electron chi connectivity index (χ2n) is 2.14. The van der Waals surface area contributed by atoms with Crippen molar-refractivity contribution in [3.05, 3.63) is 36.6 Å². The Labute approximate surface area is 104 Å². The molecule has 2 heterocycles. The van der Waals surface area contributed by atoms with Gasteiger partial charge in [-0.3, -0.25) is 4.98 Å². The number of ether oxygens (including phenoxy) is 1. The fourth-order valence-electron chi connectivity index (χ4n) is 0.903. The van der Waals surface area contributed by atoms with Crippen molar-refractivity contribution in [3.8, 4) is 0 Å². The van der Waals surface area contributed by atoms with E-state index in [4.69, 9.17) is 4.74 Å². The molecule has 0 unspecified atom stereocenters. The molecule has 59 valence electrons. The van der Waals surface area contributed by atoms with Crippen molar-refractivity contribution in [1.29, 1.82) is 0 Å². The molecule has 0 bridgehead atoms. The predicted octanol–water partition coefficient (Wildman–Crippen LogP) is 1.02. The van der Waals surface area contributed by atoms with Crippen molar-refractivity contribution in [2.75, 3.05) is 6.61 Å². The molecule has 0 atom stereocenters. The minimum absolute atomic E-state index is 0. The number of pyridine rings is 1. The van der Waals surface area contributed by atoms with Gasteiger partial charge in [0, 0.05) is 59.8 Å². The van der Waals surface area contributed by atoms with Gasteiger partial charge in [-0.05, 0) is 12.1 Å². The molecule has 0 aromatic carbocycles. The van der Waals surface area contributed by atoms with Gasteiger partial charge in [0.05, 0.1) is 5.90 Å². The summed E-state index contributed by atoms with van der Waals surface area (Å²) in [5, 5.41) is 0. The molecule has 1 aromatic rings. The fraction of sp³-hybridized carbons (Fsp3) is 0.125. The van der Waals surface area contributed by atoms with Crippen LogP contribution in [0.1, 0.15) is 5.69 Å². The summed E-state index contributed by atoms with van der Waals surface area (Å²) in [5.74, 6) is 0.616. The molecule has 0 spiro atoms. The number of aromatic nitrogens is 1. The Morgan fingerprint density at radius 3 is 2.92 bits per heavy atom. The average molecular weight is 288 g/mol. The standard InChI is InChI=1S/C8H7N2O.Pr/c1-2-4-9-7(3-1)8-10-5-6-11-8;/h1-5H,6H2;/q-1;. The van der Waals surface area contributed by atoms with Crippen molar-refractivity contribution in [1.82, 2.24) is 4.98 Å². The van der Waals surface area contributed by atoms with E-state index < -0.39 is 0 Å². The maximum absolute atomic E-state index is 5.17.